The summed E-state index contributed by atoms with van der Waals surface area (Å²) < 4.78 is 5.57. The largest absolute Gasteiger partial charge is 0.381 e. The topological polar surface area (TPSA) is 94.1 Å². The van der Waals surface area contributed by atoms with Crippen LogP contribution in [0.3, 0.4) is 0 Å². The van der Waals surface area contributed by atoms with Gasteiger partial charge in [0, 0.05) is 44.1 Å². The molecule has 3 N–H and O–H groups in total. The lowest BCUT2D eigenvalue weighted by Crippen LogP contribution is -2.47. The number of fused-ring (bicyclic) bond motifs is 1. The van der Waals surface area contributed by atoms with Crippen LogP contribution in [0.15, 0.2) is 36.4 Å². The van der Waals surface area contributed by atoms with Crippen LogP contribution in [0.5, 0.6) is 0 Å². The zero-order chi connectivity index (χ0) is 24.3. The van der Waals surface area contributed by atoms with E-state index in [2.05, 4.69) is 27.7 Å². The van der Waals surface area contributed by atoms with Crippen molar-refractivity contribution in [2.24, 2.45) is 0 Å². The molecule has 2 aliphatic heterocycles. The molecule has 2 aromatic carbocycles. The van der Waals surface area contributed by atoms with E-state index in [-0.39, 0.29) is 11.9 Å². The molecule has 2 aromatic rings. The number of urea groups is 1. The van der Waals surface area contributed by atoms with Crippen molar-refractivity contribution >= 4 is 23.3 Å². The molecule has 0 radical (unpaired) electrons. The number of carbonyl (C=O) groups is 2. The molecule has 0 saturated carbocycles. The lowest BCUT2D eigenvalue weighted by atomic mass is 9.91. The first-order chi connectivity index (χ1) is 16.3. The Balaban J connectivity index is 1.67. The number of nitrogens with zero attached hydrogens (tertiary/aromatic N) is 2. The van der Waals surface area contributed by atoms with Crippen LogP contribution < -0.4 is 15.5 Å². The SMILES string of the molecule is CCNC(=O)Nc1ccc(-c2cc3c(c(N4CCOCC4)c2)CCN(C(=O)C(C)(C)O)C3)cc1. The maximum absolute atomic E-state index is 12.8. The Morgan fingerprint density at radius 1 is 1.06 bits per heavy atom. The van der Waals surface area contributed by atoms with E-state index in [0.717, 1.165) is 41.9 Å². The van der Waals surface area contributed by atoms with Gasteiger partial charge in [-0.2, -0.15) is 0 Å². The van der Waals surface area contributed by atoms with Crippen molar-refractivity contribution in [1.82, 2.24) is 10.2 Å². The van der Waals surface area contributed by atoms with Crippen LogP contribution >= 0.6 is 0 Å². The Labute approximate surface area is 200 Å². The molecule has 1 fully saturated rings. The summed E-state index contributed by atoms with van der Waals surface area (Å²) in [6.45, 7) is 9.64. The summed E-state index contributed by atoms with van der Waals surface area (Å²) in [5.74, 6) is -0.253. The minimum absolute atomic E-state index is 0.227. The number of ether oxygens (including phenoxy) is 1. The summed E-state index contributed by atoms with van der Waals surface area (Å²) in [5.41, 5.74) is 4.98. The number of morpholine rings is 1. The molecule has 8 nitrogen and oxygen atoms in total. The Bertz CT molecular complexity index is 1040. The lowest BCUT2D eigenvalue weighted by molar-refractivity contribution is -0.148. The molecule has 0 aliphatic carbocycles. The molecular weight excluding hydrogens is 432 g/mol. The second-order valence-corrected chi connectivity index (χ2v) is 9.33. The van der Waals surface area contributed by atoms with Crippen LogP contribution in [0.1, 0.15) is 31.9 Å². The second-order valence-electron chi connectivity index (χ2n) is 9.33. The smallest absolute Gasteiger partial charge is 0.319 e. The predicted octanol–water partition coefficient (Wildman–Crippen LogP) is 2.99. The fourth-order valence-electron chi connectivity index (χ4n) is 4.57. The minimum Gasteiger partial charge on any atom is -0.381 e. The number of amides is 3. The Morgan fingerprint density at radius 3 is 2.41 bits per heavy atom. The summed E-state index contributed by atoms with van der Waals surface area (Å²) in [5, 5.41) is 15.8. The highest BCUT2D eigenvalue weighted by Crippen LogP contribution is 2.36. The third kappa shape index (κ3) is 5.34. The summed E-state index contributed by atoms with van der Waals surface area (Å²) in [4.78, 5) is 28.7. The van der Waals surface area contributed by atoms with Crippen molar-refractivity contribution in [2.45, 2.75) is 39.3 Å². The molecular formula is C26H34N4O4. The number of rotatable bonds is 5. The third-order valence-corrected chi connectivity index (χ3v) is 6.29. The first kappa shape index (κ1) is 24.0. The van der Waals surface area contributed by atoms with Crippen LogP contribution in [0.25, 0.3) is 11.1 Å². The van der Waals surface area contributed by atoms with Crippen molar-refractivity contribution < 1.29 is 19.4 Å². The summed E-state index contributed by atoms with van der Waals surface area (Å²) in [6, 6.07) is 11.9. The van der Waals surface area contributed by atoms with E-state index in [1.807, 2.05) is 31.2 Å². The van der Waals surface area contributed by atoms with Crippen molar-refractivity contribution in [1.29, 1.82) is 0 Å². The number of aliphatic hydroxyl groups is 1. The highest BCUT2D eigenvalue weighted by atomic mass is 16.5. The van der Waals surface area contributed by atoms with Crippen molar-refractivity contribution in [3.63, 3.8) is 0 Å². The highest BCUT2D eigenvalue weighted by Gasteiger charge is 2.33. The zero-order valence-electron chi connectivity index (χ0n) is 20.2. The second kappa shape index (κ2) is 10.0. The van der Waals surface area contributed by atoms with Gasteiger partial charge in [-0.25, -0.2) is 4.79 Å². The quantitative estimate of drug-likeness (QED) is 0.630. The normalized spacial score (nSPS) is 16.1. The molecule has 0 bridgehead atoms. The molecule has 2 aliphatic rings. The number of hydrogen-bond donors (Lipinski definition) is 3. The van der Waals surface area contributed by atoms with Crippen LogP contribution in [-0.2, 0) is 22.5 Å². The first-order valence-corrected chi connectivity index (χ1v) is 11.9. The van der Waals surface area contributed by atoms with Gasteiger partial charge in [0.1, 0.15) is 5.60 Å². The fraction of sp³-hybridized carbons (Fsp3) is 0.462. The zero-order valence-corrected chi connectivity index (χ0v) is 20.2. The molecule has 0 unspecified atom stereocenters. The van der Waals surface area contributed by atoms with E-state index in [9.17, 15) is 14.7 Å². The number of carbonyl (C=O) groups excluding carboxylic acids is 2. The van der Waals surface area contributed by atoms with Gasteiger partial charge in [-0.05, 0) is 73.7 Å². The number of hydrogen-bond acceptors (Lipinski definition) is 5. The standard InChI is InChI=1S/C26H34N4O4/c1-4-27-25(32)28-21-7-5-18(6-8-21)19-15-20-17-30(24(31)26(2,3)33)10-9-22(20)23(16-19)29-11-13-34-14-12-29/h5-8,15-16,33H,4,9-14,17H2,1-3H3,(H2,27,28,32). The van der Waals surface area contributed by atoms with Gasteiger partial charge in [-0.15, -0.1) is 0 Å². The Hall–Kier alpha value is -3.10. The van der Waals surface area contributed by atoms with E-state index >= 15 is 0 Å². The first-order valence-electron chi connectivity index (χ1n) is 11.9. The van der Waals surface area contributed by atoms with Crippen LogP contribution in [0.2, 0.25) is 0 Å². The van der Waals surface area contributed by atoms with E-state index in [1.165, 1.54) is 25.1 Å². The van der Waals surface area contributed by atoms with Gasteiger partial charge >= 0.3 is 6.03 Å². The summed E-state index contributed by atoms with van der Waals surface area (Å²) in [6.07, 6.45) is 0.750. The van der Waals surface area contributed by atoms with E-state index < -0.39 is 5.60 Å². The monoisotopic (exact) mass is 466 g/mol. The molecule has 0 atom stereocenters. The average Bonchev–Trinajstić information content (AvgIpc) is 2.83. The maximum atomic E-state index is 12.8. The maximum Gasteiger partial charge on any atom is 0.319 e. The van der Waals surface area contributed by atoms with Gasteiger partial charge in [0.2, 0.25) is 0 Å². The predicted molar refractivity (Wildman–Crippen MR) is 133 cm³/mol. The Morgan fingerprint density at radius 2 is 1.76 bits per heavy atom. The van der Waals surface area contributed by atoms with Crippen molar-refractivity contribution in [2.75, 3.05) is 49.6 Å². The number of benzene rings is 2. The van der Waals surface area contributed by atoms with Crippen molar-refractivity contribution in [3.8, 4) is 11.1 Å². The van der Waals surface area contributed by atoms with E-state index in [0.29, 0.717) is 32.8 Å². The van der Waals surface area contributed by atoms with Gasteiger partial charge in [0.15, 0.2) is 0 Å². The van der Waals surface area contributed by atoms with E-state index in [1.54, 1.807) is 4.90 Å². The molecule has 2 heterocycles. The summed E-state index contributed by atoms with van der Waals surface area (Å²) >= 11 is 0. The highest BCUT2D eigenvalue weighted by molar-refractivity contribution is 5.89. The molecule has 8 heteroatoms. The molecule has 4 rings (SSSR count). The van der Waals surface area contributed by atoms with Gasteiger partial charge in [-0.1, -0.05) is 12.1 Å². The molecule has 0 spiro atoms. The third-order valence-electron chi connectivity index (χ3n) is 6.29. The molecule has 1 saturated heterocycles. The van der Waals surface area contributed by atoms with Crippen LogP contribution in [0.4, 0.5) is 16.2 Å². The van der Waals surface area contributed by atoms with Gasteiger partial charge < -0.3 is 30.3 Å². The fourth-order valence-corrected chi connectivity index (χ4v) is 4.57. The van der Waals surface area contributed by atoms with Gasteiger partial charge in [-0.3, -0.25) is 4.79 Å². The number of anilines is 2. The minimum atomic E-state index is -1.39. The molecule has 0 aromatic heterocycles. The lowest BCUT2D eigenvalue weighted by Gasteiger charge is -2.37. The van der Waals surface area contributed by atoms with Crippen LogP contribution in [-0.4, -0.2) is 66.9 Å². The average molecular weight is 467 g/mol. The van der Waals surface area contributed by atoms with Crippen molar-refractivity contribution in [3.05, 3.63) is 47.5 Å². The van der Waals surface area contributed by atoms with Gasteiger partial charge in [0.25, 0.3) is 5.91 Å². The van der Waals surface area contributed by atoms with Crippen LogP contribution in [0, 0.1) is 0 Å². The van der Waals surface area contributed by atoms with Gasteiger partial charge in [0.05, 0.1) is 13.2 Å². The van der Waals surface area contributed by atoms with E-state index in [4.69, 9.17) is 4.74 Å². The summed E-state index contributed by atoms with van der Waals surface area (Å²) in [7, 11) is 0. The molecule has 182 valence electrons. The molecule has 3 amide bonds. The number of nitrogens with one attached hydrogen (secondary N) is 2. The molecule has 34 heavy (non-hydrogen) atoms. The Kier molecular flexibility index (Phi) is 7.09.